The Hall–Kier alpha value is -4.01. The molecule has 9 heteroatoms. The average Bonchev–Trinajstić information content (AvgIpc) is 3.06. The van der Waals surface area contributed by atoms with Crippen LogP contribution in [-0.4, -0.2) is 42.2 Å². The third kappa shape index (κ3) is 6.16. The first-order valence-corrected chi connectivity index (χ1v) is 12.1. The van der Waals surface area contributed by atoms with Gasteiger partial charge < -0.3 is 29.5 Å². The van der Waals surface area contributed by atoms with Crippen LogP contribution in [0.4, 0.5) is 16.2 Å². The van der Waals surface area contributed by atoms with Gasteiger partial charge in [-0.2, -0.15) is 0 Å². The number of methoxy groups -OCH3 is 1. The fourth-order valence-electron chi connectivity index (χ4n) is 4.10. The second-order valence-electron chi connectivity index (χ2n) is 8.82. The first-order chi connectivity index (χ1) is 17.4. The van der Waals surface area contributed by atoms with Gasteiger partial charge in [-0.25, -0.2) is 4.79 Å². The number of amides is 3. The largest absolute Gasteiger partial charge is 0.493 e. The number of urea groups is 1. The molecule has 0 spiro atoms. The minimum absolute atomic E-state index is 0.0857. The van der Waals surface area contributed by atoms with Crippen molar-refractivity contribution in [2.24, 2.45) is 0 Å². The van der Waals surface area contributed by atoms with Crippen LogP contribution in [0.2, 0.25) is 0 Å². The summed E-state index contributed by atoms with van der Waals surface area (Å²) in [4.78, 5) is 27.2. The first-order valence-electron chi connectivity index (χ1n) is 12.1. The highest BCUT2D eigenvalue weighted by molar-refractivity contribution is 6.04. The summed E-state index contributed by atoms with van der Waals surface area (Å²) in [5, 5.41) is 9.74. The Morgan fingerprint density at radius 2 is 1.61 bits per heavy atom. The number of carbonyl (C=O) groups is 2. The van der Waals surface area contributed by atoms with E-state index >= 15 is 0 Å². The van der Waals surface area contributed by atoms with E-state index < -0.39 is 0 Å². The number of likely N-dealkylation sites (tertiary alicyclic amines) is 1. The lowest BCUT2D eigenvalue weighted by atomic mass is 10.1. The zero-order valence-electron chi connectivity index (χ0n) is 20.9. The molecule has 2 N–H and O–H groups in total. The van der Waals surface area contributed by atoms with E-state index in [4.69, 9.17) is 14.0 Å². The Labute approximate surface area is 210 Å². The van der Waals surface area contributed by atoms with Gasteiger partial charge in [0.25, 0.3) is 5.91 Å². The Morgan fingerprint density at radius 1 is 0.944 bits per heavy atom. The smallest absolute Gasteiger partial charge is 0.321 e. The van der Waals surface area contributed by atoms with Crippen molar-refractivity contribution >= 4 is 23.3 Å². The molecule has 2 aromatic carbocycles. The van der Waals surface area contributed by atoms with Crippen LogP contribution in [0.15, 0.2) is 47.0 Å². The van der Waals surface area contributed by atoms with Gasteiger partial charge in [0.2, 0.25) is 0 Å². The van der Waals surface area contributed by atoms with Gasteiger partial charge in [0.05, 0.1) is 18.4 Å². The number of aromatic nitrogens is 1. The fourth-order valence-corrected chi connectivity index (χ4v) is 4.10. The van der Waals surface area contributed by atoms with Crippen LogP contribution in [0.25, 0.3) is 0 Å². The number of aryl methyl sites for hydroxylation is 2. The highest BCUT2D eigenvalue weighted by Crippen LogP contribution is 2.30. The van der Waals surface area contributed by atoms with E-state index in [1.807, 2.05) is 18.7 Å². The lowest BCUT2D eigenvalue weighted by molar-refractivity contribution is 0.102. The third-order valence-corrected chi connectivity index (χ3v) is 6.27. The van der Waals surface area contributed by atoms with Crippen LogP contribution in [0.5, 0.6) is 11.5 Å². The van der Waals surface area contributed by atoms with Crippen molar-refractivity contribution in [1.82, 2.24) is 10.1 Å². The van der Waals surface area contributed by atoms with E-state index in [0.717, 1.165) is 37.2 Å². The van der Waals surface area contributed by atoms with Gasteiger partial charge in [-0.05, 0) is 69.2 Å². The fraction of sp³-hybridized carbons (Fsp3) is 0.370. The van der Waals surface area contributed by atoms with E-state index in [1.165, 1.54) is 20.0 Å². The number of rotatable bonds is 7. The summed E-state index contributed by atoms with van der Waals surface area (Å²) < 4.78 is 16.5. The van der Waals surface area contributed by atoms with Crippen molar-refractivity contribution in [2.45, 2.75) is 46.1 Å². The van der Waals surface area contributed by atoms with Gasteiger partial charge in [0.15, 0.2) is 11.5 Å². The topological polar surface area (TPSA) is 106 Å². The summed E-state index contributed by atoms with van der Waals surface area (Å²) >= 11 is 0. The number of ether oxygens (including phenoxy) is 2. The molecular formula is C27H32N4O5. The molecule has 3 aromatic rings. The molecule has 1 aromatic heterocycles. The van der Waals surface area contributed by atoms with E-state index in [1.54, 1.807) is 42.5 Å². The van der Waals surface area contributed by atoms with E-state index in [0.29, 0.717) is 34.2 Å². The Morgan fingerprint density at radius 3 is 2.22 bits per heavy atom. The summed E-state index contributed by atoms with van der Waals surface area (Å²) in [6.45, 7) is 5.54. The van der Waals surface area contributed by atoms with Crippen molar-refractivity contribution in [2.75, 3.05) is 30.8 Å². The van der Waals surface area contributed by atoms with E-state index in [2.05, 4.69) is 15.8 Å². The zero-order chi connectivity index (χ0) is 25.5. The molecule has 3 amide bonds. The van der Waals surface area contributed by atoms with E-state index in [9.17, 15) is 9.59 Å². The maximum atomic E-state index is 12.8. The Kier molecular flexibility index (Phi) is 8.10. The normalized spacial score (nSPS) is 13.6. The lowest BCUT2D eigenvalue weighted by Gasteiger charge is -2.20. The monoisotopic (exact) mass is 492 g/mol. The predicted octanol–water partition coefficient (Wildman–Crippen LogP) is 5.54. The molecular weight excluding hydrogens is 460 g/mol. The number of hydrogen-bond acceptors (Lipinski definition) is 6. The molecule has 0 aliphatic carbocycles. The molecule has 0 saturated carbocycles. The minimum Gasteiger partial charge on any atom is -0.493 e. The van der Waals surface area contributed by atoms with Crippen LogP contribution in [-0.2, 0) is 6.61 Å². The molecule has 1 saturated heterocycles. The van der Waals surface area contributed by atoms with Crippen molar-refractivity contribution in [3.05, 3.63) is 65.0 Å². The number of hydrogen-bond donors (Lipinski definition) is 2. The van der Waals surface area contributed by atoms with Gasteiger partial charge in [-0.3, -0.25) is 4.79 Å². The molecule has 2 heterocycles. The Bertz CT molecular complexity index is 1180. The summed E-state index contributed by atoms with van der Waals surface area (Å²) in [5.41, 5.74) is 3.38. The van der Waals surface area contributed by atoms with Crippen molar-refractivity contribution in [3.63, 3.8) is 0 Å². The molecule has 9 nitrogen and oxygen atoms in total. The van der Waals surface area contributed by atoms with Crippen LogP contribution in [0.1, 0.15) is 53.1 Å². The number of benzene rings is 2. The number of nitrogens with zero attached hydrogens (tertiary/aromatic N) is 2. The maximum Gasteiger partial charge on any atom is 0.321 e. The van der Waals surface area contributed by atoms with Crippen molar-refractivity contribution < 1.29 is 23.6 Å². The standard InChI is InChI=1S/C27H32N4O5/c1-18-23(19(2)36-30-18)17-35-24-13-8-20(16-25(24)34-3)26(32)28-21-9-11-22(12-10-21)29-27(33)31-14-6-4-5-7-15-31/h8-13,16H,4-7,14-15,17H2,1-3H3,(H,28,32)(H,29,33). The SMILES string of the molecule is COc1cc(C(=O)Nc2ccc(NC(=O)N3CCCCCC3)cc2)ccc1OCc1c(C)noc1C. The molecule has 190 valence electrons. The highest BCUT2D eigenvalue weighted by atomic mass is 16.5. The van der Waals surface area contributed by atoms with E-state index in [-0.39, 0.29) is 18.5 Å². The zero-order valence-corrected chi connectivity index (χ0v) is 20.9. The van der Waals surface area contributed by atoms with Gasteiger partial charge >= 0.3 is 6.03 Å². The molecule has 1 aliphatic heterocycles. The van der Waals surface area contributed by atoms with Gasteiger partial charge in [-0.1, -0.05) is 18.0 Å². The second kappa shape index (κ2) is 11.6. The maximum absolute atomic E-state index is 12.8. The molecule has 0 radical (unpaired) electrons. The summed E-state index contributed by atoms with van der Waals surface area (Å²) in [5.74, 6) is 1.38. The van der Waals surface area contributed by atoms with Crippen LogP contribution in [0.3, 0.4) is 0 Å². The molecule has 1 fully saturated rings. The number of anilines is 2. The van der Waals surface area contributed by atoms with Gasteiger partial charge in [0, 0.05) is 30.0 Å². The molecule has 36 heavy (non-hydrogen) atoms. The predicted molar refractivity (Wildman–Crippen MR) is 137 cm³/mol. The average molecular weight is 493 g/mol. The van der Waals surface area contributed by atoms with Crippen molar-refractivity contribution in [1.29, 1.82) is 0 Å². The number of nitrogens with one attached hydrogen (secondary N) is 2. The Balaban J connectivity index is 1.35. The van der Waals surface area contributed by atoms with Gasteiger partial charge in [0.1, 0.15) is 12.4 Å². The van der Waals surface area contributed by atoms with Gasteiger partial charge in [-0.15, -0.1) is 0 Å². The van der Waals surface area contributed by atoms with Crippen LogP contribution >= 0.6 is 0 Å². The summed E-state index contributed by atoms with van der Waals surface area (Å²) in [6, 6.07) is 12.0. The molecule has 1 aliphatic rings. The molecule has 0 bridgehead atoms. The minimum atomic E-state index is -0.285. The molecule has 0 atom stereocenters. The highest BCUT2D eigenvalue weighted by Gasteiger charge is 2.16. The quantitative estimate of drug-likeness (QED) is 0.449. The number of carbonyl (C=O) groups excluding carboxylic acids is 2. The summed E-state index contributed by atoms with van der Waals surface area (Å²) in [7, 11) is 1.53. The lowest BCUT2D eigenvalue weighted by Crippen LogP contribution is -2.35. The first kappa shape index (κ1) is 25.1. The molecule has 4 rings (SSSR count). The second-order valence-corrected chi connectivity index (χ2v) is 8.82. The van der Waals surface area contributed by atoms with Crippen molar-refractivity contribution in [3.8, 4) is 11.5 Å². The third-order valence-electron chi connectivity index (χ3n) is 6.27. The molecule has 0 unspecified atom stereocenters. The summed E-state index contributed by atoms with van der Waals surface area (Å²) in [6.07, 6.45) is 4.42. The van der Waals surface area contributed by atoms with Crippen LogP contribution in [0, 0.1) is 13.8 Å². The van der Waals surface area contributed by atoms with Crippen LogP contribution < -0.4 is 20.1 Å².